The van der Waals surface area contributed by atoms with Crippen LogP contribution in [0.3, 0.4) is 0 Å². The Balaban J connectivity index is 1.10. The highest BCUT2D eigenvalue weighted by molar-refractivity contribution is 6.09. The molecule has 0 saturated heterocycles. The van der Waals surface area contributed by atoms with E-state index in [2.05, 4.69) is 144 Å². The number of para-hydroxylation sites is 3. The van der Waals surface area contributed by atoms with E-state index in [4.69, 9.17) is 15.0 Å². The van der Waals surface area contributed by atoms with E-state index in [1.807, 2.05) is 42.5 Å². The minimum atomic E-state index is 0.603. The first-order valence-corrected chi connectivity index (χ1v) is 17.2. The van der Waals surface area contributed by atoms with Crippen molar-refractivity contribution in [1.29, 1.82) is 0 Å². The van der Waals surface area contributed by atoms with E-state index in [9.17, 15) is 0 Å². The zero-order valence-corrected chi connectivity index (χ0v) is 27.6. The lowest BCUT2D eigenvalue weighted by Gasteiger charge is -2.14. The van der Waals surface area contributed by atoms with Crippen LogP contribution in [-0.4, -0.2) is 19.5 Å². The van der Waals surface area contributed by atoms with Crippen molar-refractivity contribution in [2.75, 3.05) is 0 Å². The van der Waals surface area contributed by atoms with Crippen LogP contribution in [-0.2, 0) is 0 Å². The number of aromatic nitrogens is 4. The molecule has 0 amide bonds. The summed E-state index contributed by atoms with van der Waals surface area (Å²) in [6, 6.07) is 63.9. The van der Waals surface area contributed by atoms with Gasteiger partial charge in [0.05, 0.1) is 27.9 Å². The molecule has 0 fully saturated rings. The van der Waals surface area contributed by atoms with Crippen molar-refractivity contribution in [2.45, 2.75) is 0 Å². The third kappa shape index (κ3) is 4.96. The van der Waals surface area contributed by atoms with Crippen molar-refractivity contribution in [3.8, 4) is 50.8 Å². The molecule has 0 bridgehead atoms. The second-order valence-electron chi connectivity index (χ2n) is 12.8. The minimum absolute atomic E-state index is 0.603. The lowest BCUT2D eigenvalue weighted by atomic mass is 9.93. The highest BCUT2D eigenvalue weighted by Crippen LogP contribution is 2.38. The maximum absolute atomic E-state index is 5.17. The summed E-state index contributed by atoms with van der Waals surface area (Å²) >= 11 is 0. The van der Waals surface area contributed by atoms with Crippen LogP contribution in [0.15, 0.2) is 182 Å². The summed E-state index contributed by atoms with van der Waals surface area (Å²) < 4.78 is 2.36. The van der Waals surface area contributed by atoms with Crippen molar-refractivity contribution in [1.82, 2.24) is 19.5 Å². The maximum atomic E-state index is 5.17. The lowest BCUT2D eigenvalue weighted by molar-refractivity contribution is 1.16. The number of hydrogen-bond acceptors (Lipinski definition) is 3. The molecule has 3 heterocycles. The molecule has 238 valence electrons. The fraction of sp³-hybridized carbons (Fsp3) is 0. The third-order valence-electron chi connectivity index (χ3n) is 9.84. The molecule has 0 aliphatic heterocycles. The molecule has 7 aromatic carbocycles. The first kappa shape index (κ1) is 29.0. The van der Waals surface area contributed by atoms with Gasteiger partial charge in [0.1, 0.15) is 5.69 Å². The first-order chi connectivity index (χ1) is 25.3. The highest BCUT2D eigenvalue weighted by atomic mass is 15.0. The van der Waals surface area contributed by atoms with Crippen LogP contribution in [0.1, 0.15) is 0 Å². The number of benzene rings is 7. The van der Waals surface area contributed by atoms with Crippen molar-refractivity contribution < 1.29 is 0 Å². The predicted molar refractivity (Wildman–Crippen MR) is 211 cm³/mol. The van der Waals surface area contributed by atoms with Gasteiger partial charge in [0, 0.05) is 33.0 Å². The monoisotopic (exact) mass is 650 g/mol. The largest absolute Gasteiger partial charge is 0.309 e. The average Bonchev–Trinajstić information content (AvgIpc) is 3.55. The first-order valence-electron chi connectivity index (χ1n) is 17.2. The number of nitrogens with zero attached hydrogens (tertiary/aromatic N) is 4. The summed E-state index contributed by atoms with van der Waals surface area (Å²) in [4.78, 5) is 15.2. The quantitative estimate of drug-likeness (QED) is 0.186. The van der Waals surface area contributed by atoms with E-state index >= 15 is 0 Å². The molecule has 0 unspecified atom stereocenters. The van der Waals surface area contributed by atoms with E-state index in [1.165, 1.54) is 32.8 Å². The van der Waals surface area contributed by atoms with Gasteiger partial charge >= 0.3 is 0 Å². The fourth-order valence-corrected chi connectivity index (χ4v) is 7.41. The zero-order chi connectivity index (χ0) is 33.7. The Labute approximate surface area is 295 Å². The average molecular weight is 651 g/mol. The molecular weight excluding hydrogens is 621 g/mol. The molecule has 4 nitrogen and oxygen atoms in total. The molecule has 10 rings (SSSR count). The summed E-state index contributed by atoms with van der Waals surface area (Å²) in [7, 11) is 0. The normalized spacial score (nSPS) is 11.5. The standard InChI is InChI=1S/C47H30N4/c1-2-12-32(13-3-1)43-30-44(50-47(49-43)42-29-24-33-14-4-9-19-41(33)48-42)38-28-27-35(36-15-5-6-16-37(36)38)31-22-25-34(26-23-31)51-45-20-10-7-17-39(45)40-18-8-11-21-46(40)51/h1-30H. The van der Waals surface area contributed by atoms with Gasteiger partial charge in [-0.2, -0.15) is 0 Å². The maximum Gasteiger partial charge on any atom is 0.179 e. The molecule has 0 aliphatic rings. The van der Waals surface area contributed by atoms with Gasteiger partial charge < -0.3 is 4.57 Å². The smallest absolute Gasteiger partial charge is 0.179 e. The number of hydrogen-bond donors (Lipinski definition) is 0. The Morgan fingerprint density at radius 3 is 1.69 bits per heavy atom. The molecule has 0 saturated carbocycles. The summed E-state index contributed by atoms with van der Waals surface area (Å²) in [5, 5.41) is 5.92. The molecule has 0 N–H and O–H groups in total. The Bertz CT molecular complexity index is 2850. The molecule has 3 aromatic heterocycles. The van der Waals surface area contributed by atoms with Crippen molar-refractivity contribution in [3.63, 3.8) is 0 Å². The number of pyridine rings is 1. The fourth-order valence-electron chi connectivity index (χ4n) is 7.41. The Morgan fingerprint density at radius 2 is 0.941 bits per heavy atom. The van der Waals surface area contributed by atoms with E-state index in [0.717, 1.165) is 55.7 Å². The van der Waals surface area contributed by atoms with E-state index in [1.54, 1.807) is 0 Å². The van der Waals surface area contributed by atoms with Gasteiger partial charge in [-0.1, -0.05) is 140 Å². The molecule has 4 heteroatoms. The van der Waals surface area contributed by atoms with E-state index < -0.39 is 0 Å². The van der Waals surface area contributed by atoms with Gasteiger partial charge in [-0.3, -0.25) is 0 Å². The summed E-state index contributed by atoms with van der Waals surface area (Å²) in [5.41, 5.74) is 11.4. The van der Waals surface area contributed by atoms with Crippen LogP contribution >= 0.6 is 0 Å². The zero-order valence-electron chi connectivity index (χ0n) is 27.6. The molecule has 0 aliphatic carbocycles. The minimum Gasteiger partial charge on any atom is -0.309 e. The van der Waals surface area contributed by atoms with Crippen LogP contribution in [0.4, 0.5) is 0 Å². The van der Waals surface area contributed by atoms with Gasteiger partial charge in [-0.15, -0.1) is 0 Å². The van der Waals surface area contributed by atoms with Gasteiger partial charge in [-0.25, -0.2) is 15.0 Å². The van der Waals surface area contributed by atoms with E-state index in [0.29, 0.717) is 5.82 Å². The van der Waals surface area contributed by atoms with Crippen molar-refractivity contribution in [3.05, 3.63) is 182 Å². The second kappa shape index (κ2) is 11.9. The van der Waals surface area contributed by atoms with Crippen molar-refractivity contribution >= 4 is 43.5 Å². The number of rotatable bonds is 5. The number of fused-ring (bicyclic) bond motifs is 5. The lowest BCUT2D eigenvalue weighted by Crippen LogP contribution is -1.98. The van der Waals surface area contributed by atoms with Gasteiger partial charge in [0.2, 0.25) is 0 Å². The Kier molecular flexibility index (Phi) is 6.78. The second-order valence-corrected chi connectivity index (χ2v) is 12.8. The molecular formula is C47H30N4. The summed E-state index contributed by atoms with van der Waals surface area (Å²) in [6.07, 6.45) is 0. The van der Waals surface area contributed by atoms with Crippen LogP contribution in [0.5, 0.6) is 0 Å². The summed E-state index contributed by atoms with van der Waals surface area (Å²) in [6.45, 7) is 0. The molecule has 0 atom stereocenters. The molecule has 10 aromatic rings. The van der Waals surface area contributed by atoms with Crippen LogP contribution in [0.2, 0.25) is 0 Å². The highest BCUT2D eigenvalue weighted by Gasteiger charge is 2.16. The molecule has 0 radical (unpaired) electrons. The molecule has 51 heavy (non-hydrogen) atoms. The van der Waals surface area contributed by atoms with Gasteiger partial charge in [0.25, 0.3) is 0 Å². The SMILES string of the molecule is c1ccc(-c2cc(-c3ccc(-c4ccc(-n5c6ccccc6c6ccccc65)cc4)c4ccccc34)nc(-c3ccc4ccccc4n3)n2)cc1. The Hall–Kier alpha value is -6.91. The van der Waals surface area contributed by atoms with E-state index in [-0.39, 0.29) is 0 Å². The topological polar surface area (TPSA) is 43.6 Å². The van der Waals surface area contributed by atoms with Crippen LogP contribution in [0, 0.1) is 0 Å². The summed E-state index contributed by atoms with van der Waals surface area (Å²) in [5.74, 6) is 0.603. The van der Waals surface area contributed by atoms with Gasteiger partial charge in [0.15, 0.2) is 5.82 Å². The Morgan fingerprint density at radius 1 is 0.353 bits per heavy atom. The van der Waals surface area contributed by atoms with Crippen molar-refractivity contribution in [2.24, 2.45) is 0 Å². The van der Waals surface area contributed by atoms with Crippen LogP contribution in [0.25, 0.3) is 94.3 Å². The van der Waals surface area contributed by atoms with Gasteiger partial charge in [-0.05, 0) is 64.4 Å². The van der Waals surface area contributed by atoms with Crippen LogP contribution < -0.4 is 0 Å². The predicted octanol–water partition coefficient (Wildman–Crippen LogP) is 11.9. The molecule has 0 spiro atoms. The third-order valence-corrected chi connectivity index (χ3v) is 9.84.